The molecule has 6 heteroatoms. The summed E-state index contributed by atoms with van der Waals surface area (Å²) in [5.41, 5.74) is 2.04. The van der Waals surface area contributed by atoms with Crippen molar-refractivity contribution in [2.75, 3.05) is 13.1 Å². The first-order chi connectivity index (χ1) is 9.13. The van der Waals surface area contributed by atoms with E-state index >= 15 is 0 Å². The molecule has 0 aromatic heterocycles. The van der Waals surface area contributed by atoms with Gasteiger partial charge in [0.1, 0.15) is 12.1 Å². The summed E-state index contributed by atoms with van der Waals surface area (Å²) in [4.78, 5) is 20.3. The molecule has 19 heavy (non-hydrogen) atoms. The molecule has 0 saturated heterocycles. The van der Waals surface area contributed by atoms with Crippen LogP contribution in [0.4, 0.5) is 4.39 Å². The van der Waals surface area contributed by atoms with Gasteiger partial charge in [-0.15, -0.1) is 0 Å². The van der Waals surface area contributed by atoms with Crippen molar-refractivity contribution in [1.82, 2.24) is 10.8 Å². The lowest BCUT2D eigenvalue weighted by Crippen LogP contribution is -2.32. The fraction of sp³-hybridized carbons (Fsp3) is 0.385. The van der Waals surface area contributed by atoms with E-state index in [9.17, 15) is 14.0 Å². The number of carbonyl (C=O) groups is 2. The number of rotatable bonds is 6. The van der Waals surface area contributed by atoms with E-state index in [1.165, 1.54) is 24.3 Å². The van der Waals surface area contributed by atoms with E-state index in [2.05, 4.69) is 12.2 Å². The van der Waals surface area contributed by atoms with Gasteiger partial charge in [-0.05, 0) is 37.2 Å². The normalized spacial score (nSPS) is 9.21. The van der Waals surface area contributed by atoms with Crippen molar-refractivity contribution in [2.24, 2.45) is 0 Å². The lowest BCUT2D eigenvalue weighted by Gasteiger charge is -2.00. The van der Waals surface area contributed by atoms with Gasteiger partial charge in [-0.2, -0.15) is 0 Å². The summed E-state index contributed by atoms with van der Waals surface area (Å²) in [7, 11) is 0. The molecular weight excluding hydrogens is 251 g/mol. The summed E-state index contributed by atoms with van der Waals surface area (Å²) >= 11 is 0. The Morgan fingerprint density at radius 3 is 2.47 bits per heavy atom. The number of nitrogens with one attached hydrogen (secondary N) is 2. The van der Waals surface area contributed by atoms with E-state index in [1.54, 1.807) is 5.48 Å². The number of carbonyl (C=O) groups excluding carboxylic acids is 2. The SMILES string of the molecule is CCCCNCC(=O)NO.O=Cc1ccc(F)cc1. The topological polar surface area (TPSA) is 78.4 Å². The van der Waals surface area contributed by atoms with E-state index in [0.29, 0.717) is 11.8 Å². The summed E-state index contributed by atoms with van der Waals surface area (Å²) in [5, 5.41) is 10.9. The fourth-order valence-electron chi connectivity index (χ4n) is 1.08. The zero-order valence-electron chi connectivity index (χ0n) is 10.9. The maximum Gasteiger partial charge on any atom is 0.257 e. The number of amides is 1. The van der Waals surface area contributed by atoms with Gasteiger partial charge >= 0.3 is 0 Å². The van der Waals surface area contributed by atoms with Crippen LogP contribution in [-0.2, 0) is 4.79 Å². The van der Waals surface area contributed by atoms with E-state index in [1.807, 2.05) is 0 Å². The Hall–Kier alpha value is -1.79. The third-order valence-electron chi connectivity index (χ3n) is 2.12. The summed E-state index contributed by atoms with van der Waals surface area (Å²) in [6, 6.07) is 5.37. The monoisotopic (exact) mass is 270 g/mol. The Morgan fingerprint density at radius 2 is 2.00 bits per heavy atom. The second-order valence-corrected chi connectivity index (χ2v) is 3.73. The highest BCUT2D eigenvalue weighted by Gasteiger charge is 1.94. The summed E-state index contributed by atoms with van der Waals surface area (Å²) in [6.45, 7) is 3.09. The molecule has 0 aliphatic heterocycles. The number of hydroxylamine groups is 1. The van der Waals surface area contributed by atoms with Crippen LogP contribution in [0.3, 0.4) is 0 Å². The van der Waals surface area contributed by atoms with E-state index in [4.69, 9.17) is 5.21 Å². The van der Waals surface area contributed by atoms with Crippen LogP contribution >= 0.6 is 0 Å². The number of unbranched alkanes of at least 4 members (excludes halogenated alkanes) is 1. The first-order valence-corrected chi connectivity index (χ1v) is 5.98. The molecule has 106 valence electrons. The maximum absolute atomic E-state index is 12.1. The third-order valence-corrected chi connectivity index (χ3v) is 2.12. The molecule has 0 spiro atoms. The molecule has 1 aromatic carbocycles. The van der Waals surface area contributed by atoms with Crippen LogP contribution < -0.4 is 10.8 Å². The average molecular weight is 270 g/mol. The Kier molecular flexibility index (Phi) is 10.2. The molecule has 3 N–H and O–H groups in total. The highest BCUT2D eigenvalue weighted by atomic mass is 19.1. The van der Waals surface area contributed by atoms with Crippen molar-refractivity contribution >= 4 is 12.2 Å². The van der Waals surface area contributed by atoms with Gasteiger partial charge in [0.15, 0.2) is 0 Å². The van der Waals surface area contributed by atoms with Crippen molar-refractivity contribution in [1.29, 1.82) is 0 Å². The molecular formula is C13H19FN2O3. The van der Waals surface area contributed by atoms with Crippen molar-refractivity contribution < 1.29 is 19.2 Å². The molecule has 0 atom stereocenters. The van der Waals surface area contributed by atoms with Crippen LogP contribution in [0.1, 0.15) is 30.1 Å². The highest BCUT2D eigenvalue weighted by Crippen LogP contribution is 1.98. The zero-order chi connectivity index (χ0) is 14.5. The van der Waals surface area contributed by atoms with Gasteiger partial charge in [0.05, 0.1) is 6.54 Å². The summed E-state index contributed by atoms with van der Waals surface area (Å²) in [6.07, 6.45) is 2.84. The van der Waals surface area contributed by atoms with Gasteiger partial charge in [0, 0.05) is 5.56 Å². The first kappa shape index (κ1) is 17.2. The van der Waals surface area contributed by atoms with Gasteiger partial charge in [-0.25, -0.2) is 9.87 Å². The quantitative estimate of drug-likeness (QED) is 0.317. The van der Waals surface area contributed by atoms with Crippen molar-refractivity contribution in [3.05, 3.63) is 35.6 Å². The molecule has 1 aromatic rings. The van der Waals surface area contributed by atoms with E-state index in [0.717, 1.165) is 19.4 Å². The maximum atomic E-state index is 12.1. The Morgan fingerprint density at radius 1 is 1.37 bits per heavy atom. The standard InChI is InChI=1S/C7H5FO.C6H14N2O2/c8-7-3-1-6(5-9)2-4-7;1-2-3-4-7-5-6(9)8-10/h1-5H;7,10H,2-5H2,1H3,(H,8,9). The largest absolute Gasteiger partial charge is 0.308 e. The molecule has 0 bridgehead atoms. The number of benzene rings is 1. The number of halogens is 1. The molecule has 0 fully saturated rings. The molecule has 0 aliphatic carbocycles. The minimum atomic E-state index is -0.392. The number of hydrogen-bond acceptors (Lipinski definition) is 4. The van der Waals surface area contributed by atoms with Gasteiger partial charge in [0.25, 0.3) is 5.91 Å². The van der Waals surface area contributed by atoms with Crippen LogP contribution in [-0.4, -0.2) is 30.5 Å². The number of aldehydes is 1. The van der Waals surface area contributed by atoms with E-state index in [-0.39, 0.29) is 12.4 Å². The smallest absolute Gasteiger partial charge is 0.257 e. The fourth-order valence-corrected chi connectivity index (χ4v) is 1.08. The van der Waals surface area contributed by atoms with Gasteiger partial charge < -0.3 is 5.32 Å². The van der Waals surface area contributed by atoms with Crippen molar-refractivity contribution in [3.8, 4) is 0 Å². The molecule has 0 unspecified atom stereocenters. The van der Waals surface area contributed by atoms with Crippen LogP contribution in [0.15, 0.2) is 24.3 Å². The second-order valence-electron chi connectivity index (χ2n) is 3.73. The first-order valence-electron chi connectivity index (χ1n) is 5.98. The van der Waals surface area contributed by atoms with Gasteiger partial charge in [-0.1, -0.05) is 13.3 Å². The van der Waals surface area contributed by atoms with Crippen LogP contribution in [0.2, 0.25) is 0 Å². The molecule has 1 amide bonds. The van der Waals surface area contributed by atoms with Crippen LogP contribution in [0, 0.1) is 5.82 Å². The minimum Gasteiger partial charge on any atom is -0.308 e. The minimum absolute atomic E-state index is 0.191. The van der Waals surface area contributed by atoms with Crippen LogP contribution in [0.25, 0.3) is 0 Å². The average Bonchev–Trinajstić information content (AvgIpc) is 2.45. The lowest BCUT2D eigenvalue weighted by atomic mass is 10.2. The third kappa shape index (κ3) is 9.87. The number of hydrogen-bond donors (Lipinski definition) is 3. The molecule has 5 nitrogen and oxygen atoms in total. The second kappa shape index (κ2) is 11.3. The van der Waals surface area contributed by atoms with Gasteiger partial charge in [-0.3, -0.25) is 14.8 Å². The predicted molar refractivity (Wildman–Crippen MR) is 69.5 cm³/mol. The molecule has 0 aliphatic rings. The lowest BCUT2D eigenvalue weighted by molar-refractivity contribution is -0.128. The predicted octanol–water partition coefficient (Wildman–Crippen LogP) is 1.52. The Balaban J connectivity index is 0.000000342. The Bertz CT molecular complexity index is 369. The van der Waals surface area contributed by atoms with Crippen molar-refractivity contribution in [2.45, 2.75) is 19.8 Å². The van der Waals surface area contributed by atoms with Crippen LogP contribution in [0.5, 0.6) is 0 Å². The van der Waals surface area contributed by atoms with Gasteiger partial charge in [0.2, 0.25) is 0 Å². The molecule has 1 rings (SSSR count). The molecule has 0 saturated carbocycles. The molecule has 0 heterocycles. The van der Waals surface area contributed by atoms with Crippen molar-refractivity contribution in [3.63, 3.8) is 0 Å². The highest BCUT2D eigenvalue weighted by molar-refractivity contribution is 5.76. The molecule has 0 radical (unpaired) electrons. The Labute approximate surface area is 111 Å². The summed E-state index contributed by atoms with van der Waals surface area (Å²) in [5.74, 6) is -0.711. The zero-order valence-corrected chi connectivity index (χ0v) is 10.9. The van der Waals surface area contributed by atoms with E-state index < -0.39 is 5.91 Å². The summed E-state index contributed by atoms with van der Waals surface area (Å²) < 4.78 is 12.1.